The number of hydrogen-bond acceptors (Lipinski definition) is 10. The molecule has 6 heterocycles. The summed E-state index contributed by atoms with van der Waals surface area (Å²) >= 11 is 0. The Morgan fingerprint density at radius 3 is 2.39 bits per heavy atom. The number of fused-ring (bicyclic) bond motifs is 1. The first kappa shape index (κ1) is 39.6. The number of nitrogens with one attached hydrogen (secondary N) is 2. The molecule has 18 heteroatoms. The first-order valence-electron chi connectivity index (χ1n) is 15.9. The molecule has 2 fully saturated rings. The highest BCUT2D eigenvalue weighted by atomic mass is 19.4. The molecule has 0 saturated carbocycles. The highest BCUT2D eigenvalue weighted by Gasteiger charge is 2.39. The molecule has 3 aromatic heterocycles. The van der Waals surface area contributed by atoms with E-state index < -0.39 is 47.4 Å². The van der Waals surface area contributed by atoms with Crippen molar-refractivity contribution in [2.24, 2.45) is 0 Å². The third-order valence-electron chi connectivity index (χ3n) is 7.77. The molecule has 49 heavy (non-hydrogen) atoms. The predicted molar refractivity (Wildman–Crippen MR) is 170 cm³/mol. The second-order valence-electron chi connectivity index (χ2n) is 11.2. The van der Waals surface area contributed by atoms with Crippen molar-refractivity contribution in [2.45, 2.75) is 84.6 Å². The number of nitrogen functional groups attached to an aromatic ring is 1. The van der Waals surface area contributed by atoms with Gasteiger partial charge in [-0.15, -0.1) is 0 Å². The number of hydrogen-bond donors (Lipinski definition) is 3. The molecule has 4 N–H and O–H groups in total. The average molecular weight is 711 g/mol. The van der Waals surface area contributed by atoms with Gasteiger partial charge in [0.25, 0.3) is 0 Å². The van der Waals surface area contributed by atoms with E-state index >= 15 is 4.39 Å². The van der Waals surface area contributed by atoms with E-state index in [-0.39, 0.29) is 40.5 Å². The van der Waals surface area contributed by atoms with Gasteiger partial charge in [-0.3, -0.25) is 4.90 Å². The van der Waals surface area contributed by atoms with E-state index in [2.05, 4.69) is 35.5 Å². The zero-order valence-corrected chi connectivity index (χ0v) is 27.9. The summed E-state index contributed by atoms with van der Waals surface area (Å²) in [6.07, 6.45) is -1.83. The fourth-order valence-corrected chi connectivity index (χ4v) is 5.82. The molecule has 0 aliphatic carbocycles. The van der Waals surface area contributed by atoms with Crippen molar-refractivity contribution in [2.75, 3.05) is 50.9 Å². The maximum absolute atomic E-state index is 15.9. The minimum absolute atomic E-state index is 0.100. The van der Waals surface area contributed by atoms with Crippen LogP contribution in [0.5, 0.6) is 11.9 Å². The number of methoxy groups -OCH3 is 1. The second kappa shape index (κ2) is 17.7. The van der Waals surface area contributed by atoms with Crippen molar-refractivity contribution in [3.63, 3.8) is 0 Å². The van der Waals surface area contributed by atoms with Gasteiger partial charge >= 0.3 is 18.9 Å². The highest BCUT2D eigenvalue weighted by molar-refractivity contribution is 5.96. The molecular weight excluding hydrogens is 668 g/mol. The van der Waals surface area contributed by atoms with Crippen molar-refractivity contribution >= 4 is 22.5 Å². The topological polar surface area (TPSA) is 123 Å². The third kappa shape index (κ3) is 10.4. The first-order chi connectivity index (χ1) is 23.2. The average Bonchev–Trinajstić information content (AvgIpc) is 3.59. The Morgan fingerprint density at radius 2 is 1.76 bits per heavy atom. The highest BCUT2D eigenvalue weighted by Crippen LogP contribution is 2.43. The summed E-state index contributed by atoms with van der Waals surface area (Å²) < 4.78 is 110. The maximum atomic E-state index is 15.9. The Bertz CT molecular complexity index is 1520. The Hall–Kier alpha value is -3.80. The van der Waals surface area contributed by atoms with Gasteiger partial charge in [0.15, 0.2) is 5.82 Å². The van der Waals surface area contributed by atoms with Crippen LogP contribution in [0.25, 0.3) is 22.2 Å². The molecule has 0 radical (unpaired) electrons. The van der Waals surface area contributed by atoms with Crippen molar-refractivity contribution in [1.82, 2.24) is 30.2 Å². The number of rotatable bonds is 2. The van der Waals surface area contributed by atoms with Gasteiger partial charge in [-0.2, -0.15) is 36.3 Å². The third-order valence-corrected chi connectivity index (χ3v) is 7.77. The molecule has 0 aromatic carbocycles. The molecule has 6 rings (SSSR count). The molecule has 0 spiro atoms. The summed E-state index contributed by atoms with van der Waals surface area (Å²) in [5.74, 6) is -1.22. The van der Waals surface area contributed by atoms with Crippen molar-refractivity contribution in [3.05, 3.63) is 23.1 Å². The van der Waals surface area contributed by atoms with Crippen LogP contribution in [0.15, 0.2) is 6.07 Å². The second-order valence-corrected chi connectivity index (χ2v) is 11.2. The molecule has 0 bridgehead atoms. The Kier molecular flexibility index (Phi) is 14.3. The van der Waals surface area contributed by atoms with Gasteiger partial charge in [0.05, 0.1) is 24.5 Å². The number of anilines is 2. The van der Waals surface area contributed by atoms with E-state index in [9.17, 15) is 30.7 Å². The zero-order valence-electron chi connectivity index (χ0n) is 27.9. The van der Waals surface area contributed by atoms with E-state index in [4.69, 9.17) is 15.2 Å². The molecular formula is C31H42F8N8O2. The van der Waals surface area contributed by atoms with Gasteiger partial charge in [-0.05, 0) is 58.7 Å². The molecule has 3 aliphatic heterocycles. The lowest BCUT2D eigenvalue weighted by Gasteiger charge is -2.20. The van der Waals surface area contributed by atoms with Crippen LogP contribution in [0, 0.1) is 12.7 Å². The van der Waals surface area contributed by atoms with Gasteiger partial charge in [0, 0.05) is 31.2 Å². The number of ether oxygens (including phenoxy) is 2. The Morgan fingerprint density at radius 1 is 1.06 bits per heavy atom. The summed E-state index contributed by atoms with van der Waals surface area (Å²) in [7, 11) is 1.30. The van der Waals surface area contributed by atoms with Gasteiger partial charge in [-0.1, -0.05) is 13.8 Å². The van der Waals surface area contributed by atoms with Crippen LogP contribution in [0.4, 0.5) is 46.8 Å². The fraction of sp³-hybridized carbons (Fsp3) is 0.613. The van der Waals surface area contributed by atoms with Crippen molar-refractivity contribution in [1.29, 1.82) is 0 Å². The molecule has 10 nitrogen and oxygen atoms in total. The van der Waals surface area contributed by atoms with Crippen LogP contribution in [-0.4, -0.2) is 89.7 Å². The minimum atomic E-state index is -4.84. The van der Waals surface area contributed by atoms with Gasteiger partial charge in [0.1, 0.15) is 34.4 Å². The Balaban J connectivity index is 0.000000358. The van der Waals surface area contributed by atoms with Crippen LogP contribution in [0.2, 0.25) is 0 Å². The first-order valence-corrected chi connectivity index (χ1v) is 15.9. The number of aromatic nitrogens is 4. The summed E-state index contributed by atoms with van der Waals surface area (Å²) in [5.41, 5.74) is 2.70. The molecule has 2 saturated heterocycles. The summed E-state index contributed by atoms with van der Waals surface area (Å²) in [6, 6.07) is 1.38. The lowest BCUT2D eigenvalue weighted by molar-refractivity contribution is -0.137. The quantitative estimate of drug-likeness (QED) is 0.247. The number of halogens is 8. The minimum Gasteiger partial charge on any atom is -0.474 e. The van der Waals surface area contributed by atoms with E-state index in [0.717, 1.165) is 26.0 Å². The lowest BCUT2D eigenvalue weighted by atomic mass is 10.0. The van der Waals surface area contributed by atoms with Crippen LogP contribution in [0.3, 0.4) is 0 Å². The van der Waals surface area contributed by atoms with Crippen LogP contribution >= 0.6 is 0 Å². The summed E-state index contributed by atoms with van der Waals surface area (Å²) in [5, 5.41) is 6.39. The number of pyridine rings is 2. The smallest absolute Gasteiger partial charge is 0.418 e. The van der Waals surface area contributed by atoms with Gasteiger partial charge < -0.3 is 25.8 Å². The van der Waals surface area contributed by atoms with Crippen molar-refractivity contribution < 1.29 is 44.6 Å². The van der Waals surface area contributed by atoms with Gasteiger partial charge in [-0.25, -0.2) is 18.7 Å². The monoisotopic (exact) mass is 710 g/mol. The standard InChI is InChI=1S/C21H23F4N7O2.C7H12FN.C2H6.CHF3/c1-9-4-5-27-6-7-28-18-13-17(31-20(32-18)33-3)15(22)16(30-19(13)34-9)11-8-12(26)29-10(2)14(11)21(23,24)25;8-6-4-7-2-1-3-9(7)5-6;1-2;2-1(3)4/h8-9,27H,4-7H2,1-3H3,(H2,26,29)(H,28,31,32);6-7H,1-5H2;1-2H3;1H. The van der Waals surface area contributed by atoms with Crippen LogP contribution in [-0.2, 0) is 6.18 Å². The molecule has 274 valence electrons. The van der Waals surface area contributed by atoms with E-state index in [1.165, 1.54) is 20.0 Å². The predicted octanol–water partition coefficient (Wildman–Crippen LogP) is 6.71. The van der Waals surface area contributed by atoms with E-state index in [1.54, 1.807) is 6.92 Å². The molecule has 0 amide bonds. The Labute approximate surface area is 279 Å². The van der Waals surface area contributed by atoms with Crippen molar-refractivity contribution in [3.8, 4) is 23.1 Å². The lowest BCUT2D eigenvalue weighted by Crippen LogP contribution is -2.26. The summed E-state index contributed by atoms with van der Waals surface area (Å²) in [6.45, 7) is 6.78. The molecule has 3 aromatic rings. The molecule has 3 atom stereocenters. The van der Waals surface area contributed by atoms with Crippen LogP contribution in [0.1, 0.15) is 57.7 Å². The van der Waals surface area contributed by atoms with Gasteiger partial charge in [0.2, 0.25) is 5.88 Å². The normalized spacial score (nSPS) is 20.7. The zero-order chi connectivity index (χ0) is 36.5. The number of nitrogens with two attached hydrogens (primary N) is 1. The maximum Gasteiger partial charge on any atom is 0.418 e. The fourth-order valence-electron chi connectivity index (χ4n) is 5.82. The SMILES string of the molecule is CC.COc1nc2c3c(nc(-c4cc(N)nc(C)c4C(F)(F)F)c(F)c3n1)OC(C)CCNCCN2.FC(F)F.FC1CC2CCCN2C1. The molecule has 3 aliphatic rings. The number of aryl methyl sites for hydroxylation is 1. The van der Waals surface area contributed by atoms with E-state index in [1.807, 2.05) is 13.8 Å². The number of alkyl halides is 7. The number of nitrogens with zero attached hydrogens (tertiary/aromatic N) is 5. The summed E-state index contributed by atoms with van der Waals surface area (Å²) in [4.78, 5) is 18.5. The largest absolute Gasteiger partial charge is 0.474 e. The van der Waals surface area contributed by atoms with Crippen LogP contribution < -0.4 is 25.8 Å². The van der Waals surface area contributed by atoms with E-state index in [0.29, 0.717) is 38.6 Å². The molecule has 3 unspecified atom stereocenters.